The van der Waals surface area contributed by atoms with E-state index in [2.05, 4.69) is 9.97 Å². The number of aliphatic carboxylic acids is 1. The summed E-state index contributed by atoms with van der Waals surface area (Å²) in [7, 11) is 1.48. The fourth-order valence-electron chi connectivity index (χ4n) is 3.25. The summed E-state index contributed by atoms with van der Waals surface area (Å²) in [6, 6.07) is 3.29. The minimum atomic E-state index is -1.58. The monoisotopic (exact) mass is 395 g/mol. The first kappa shape index (κ1) is 19.0. The van der Waals surface area contributed by atoms with Gasteiger partial charge in [0.15, 0.2) is 11.5 Å². The summed E-state index contributed by atoms with van der Waals surface area (Å²) < 4.78 is 11.3. The van der Waals surface area contributed by atoms with Crippen LogP contribution < -0.4 is 9.47 Å². The van der Waals surface area contributed by atoms with E-state index < -0.39 is 23.7 Å². The minimum absolute atomic E-state index is 0.00511. The lowest BCUT2D eigenvalue weighted by Gasteiger charge is -2.42. The molecule has 2 aromatic rings. The second kappa shape index (κ2) is 7.07. The second-order valence-corrected chi connectivity index (χ2v) is 6.79. The number of nitrogens with zero attached hydrogens (tertiary/aromatic N) is 3. The van der Waals surface area contributed by atoms with Crippen LogP contribution in [0, 0.1) is 0 Å². The van der Waals surface area contributed by atoms with Gasteiger partial charge in [-0.05, 0) is 13.0 Å². The molecular weight excluding hydrogens is 378 g/mol. The van der Waals surface area contributed by atoms with E-state index in [1.807, 2.05) is 0 Å². The molecule has 0 radical (unpaired) electrons. The van der Waals surface area contributed by atoms with Crippen molar-refractivity contribution in [2.75, 3.05) is 13.7 Å². The van der Waals surface area contributed by atoms with Crippen LogP contribution in [-0.2, 0) is 4.79 Å². The van der Waals surface area contributed by atoms with Crippen molar-refractivity contribution < 1.29 is 29.3 Å². The summed E-state index contributed by atoms with van der Waals surface area (Å²) in [4.78, 5) is 32.1. The van der Waals surface area contributed by atoms with E-state index in [1.165, 1.54) is 20.4 Å². The summed E-state index contributed by atoms with van der Waals surface area (Å²) >= 11 is 6.11. The number of ether oxygens (including phenoxy) is 2. The molecule has 2 N–H and O–H groups in total. The average Bonchev–Trinajstić information content (AvgIpc) is 2.61. The Morgan fingerprint density at radius 1 is 1.30 bits per heavy atom. The first-order chi connectivity index (χ1) is 12.8. The van der Waals surface area contributed by atoms with Crippen molar-refractivity contribution in [1.82, 2.24) is 14.9 Å². The van der Waals surface area contributed by atoms with E-state index in [0.29, 0.717) is 28.8 Å². The Bertz CT molecular complexity index is 908. The van der Waals surface area contributed by atoms with Crippen molar-refractivity contribution in [3.63, 3.8) is 0 Å². The highest BCUT2D eigenvalue weighted by Crippen LogP contribution is 2.37. The summed E-state index contributed by atoms with van der Waals surface area (Å²) in [6.07, 6.45) is -0.114. The number of hydrogen-bond donors (Lipinski definition) is 2. The number of carboxylic acids is 1. The molecular formula is C17H18ClN3O6. The van der Waals surface area contributed by atoms with Crippen LogP contribution in [0.4, 0.5) is 4.79 Å². The second-order valence-electron chi connectivity index (χ2n) is 6.43. The smallest absolute Gasteiger partial charge is 0.408 e. The highest BCUT2D eigenvalue weighted by molar-refractivity contribution is 6.34. The van der Waals surface area contributed by atoms with Crippen molar-refractivity contribution in [3.8, 4) is 11.5 Å². The number of rotatable bonds is 4. The molecule has 9 nitrogen and oxygen atoms in total. The number of amides is 1. The average molecular weight is 396 g/mol. The topological polar surface area (TPSA) is 122 Å². The lowest BCUT2D eigenvalue weighted by atomic mass is 9.87. The summed E-state index contributed by atoms with van der Waals surface area (Å²) in [6.45, 7) is 1.42. The quantitative estimate of drug-likeness (QED) is 0.757. The molecule has 1 aromatic carbocycles. The molecule has 10 heteroatoms. The van der Waals surface area contributed by atoms with E-state index in [4.69, 9.17) is 21.1 Å². The van der Waals surface area contributed by atoms with Gasteiger partial charge in [0.05, 0.1) is 12.6 Å². The number of hydrogen-bond acceptors (Lipinski definition) is 6. The van der Waals surface area contributed by atoms with Crippen LogP contribution in [0.25, 0.3) is 10.9 Å². The van der Waals surface area contributed by atoms with Crippen molar-refractivity contribution in [2.24, 2.45) is 0 Å². The molecule has 2 heterocycles. The number of piperidine rings is 1. The molecule has 27 heavy (non-hydrogen) atoms. The van der Waals surface area contributed by atoms with Gasteiger partial charge in [0.2, 0.25) is 0 Å². The molecule has 0 unspecified atom stereocenters. The van der Waals surface area contributed by atoms with Crippen molar-refractivity contribution in [1.29, 1.82) is 0 Å². The number of halogens is 1. The Labute approximate surface area is 159 Å². The van der Waals surface area contributed by atoms with E-state index in [1.54, 1.807) is 12.1 Å². The Morgan fingerprint density at radius 3 is 2.67 bits per heavy atom. The van der Waals surface area contributed by atoms with E-state index >= 15 is 0 Å². The van der Waals surface area contributed by atoms with Gasteiger partial charge in [-0.2, -0.15) is 0 Å². The summed E-state index contributed by atoms with van der Waals surface area (Å²) in [5.41, 5.74) is -1.00. The van der Waals surface area contributed by atoms with Crippen LogP contribution in [0.15, 0.2) is 18.5 Å². The highest BCUT2D eigenvalue weighted by Gasteiger charge is 2.48. The van der Waals surface area contributed by atoms with Crippen LogP contribution in [0.5, 0.6) is 11.5 Å². The minimum Gasteiger partial charge on any atom is -0.493 e. The normalized spacial score (nSPS) is 22.5. The van der Waals surface area contributed by atoms with E-state index in [9.17, 15) is 19.8 Å². The van der Waals surface area contributed by atoms with Gasteiger partial charge in [0.1, 0.15) is 23.1 Å². The molecule has 0 saturated carbocycles. The Kier molecular flexibility index (Phi) is 4.97. The van der Waals surface area contributed by atoms with Gasteiger partial charge < -0.3 is 19.7 Å². The third kappa shape index (κ3) is 3.42. The zero-order valence-electron chi connectivity index (χ0n) is 14.7. The van der Waals surface area contributed by atoms with Gasteiger partial charge in [-0.3, -0.25) is 4.90 Å². The fraction of sp³-hybridized carbons (Fsp3) is 0.412. The zero-order valence-corrected chi connectivity index (χ0v) is 15.4. The third-order valence-electron chi connectivity index (χ3n) is 4.75. The number of fused-ring (bicyclic) bond motifs is 1. The third-order valence-corrected chi connectivity index (χ3v) is 5.05. The van der Waals surface area contributed by atoms with Crippen LogP contribution in [0.1, 0.15) is 19.8 Å². The number of benzene rings is 1. The number of likely N-dealkylation sites (tertiary alicyclic amines) is 1. The molecule has 1 saturated heterocycles. The molecule has 1 aliphatic heterocycles. The molecule has 0 bridgehead atoms. The largest absolute Gasteiger partial charge is 0.493 e. The van der Waals surface area contributed by atoms with E-state index in [0.717, 1.165) is 4.90 Å². The van der Waals surface area contributed by atoms with Gasteiger partial charge >= 0.3 is 12.1 Å². The van der Waals surface area contributed by atoms with E-state index in [-0.39, 0.29) is 18.1 Å². The molecule has 3 rings (SSSR count). The fourth-order valence-corrected chi connectivity index (χ4v) is 3.44. The van der Waals surface area contributed by atoms with Gasteiger partial charge in [-0.1, -0.05) is 11.6 Å². The van der Waals surface area contributed by atoms with Crippen LogP contribution in [0.2, 0.25) is 5.15 Å². The van der Waals surface area contributed by atoms with Crippen LogP contribution in [0.3, 0.4) is 0 Å². The van der Waals surface area contributed by atoms with Crippen molar-refractivity contribution in [2.45, 2.75) is 31.4 Å². The molecule has 0 spiro atoms. The first-order valence-corrected chi connectivity index (χ1v) is 8.53. The lowest BCUT2D eigenvalue weighted by molar-refractivity contribution is -0.153. The summed E-state index contributed by atoms with van der Waals surface area (Å²) in [5.74, 6) is -0.446. The lowest BCUT2D eigenvalue weighted by Crippen LogP contribution is -2.60. The maximum absolute atomic E-state index is 11.7. The Morgan fingerprint density at radius 2 is 2.04 bits per heavy atom. The SMILES string of the molecule is COc1cc2ncnc(Cl)c2cc1O[C@H]1CCN(C(=O)O)[C@@](C)(C(=O)O)C1. The number of carboxylic acid groups (broad SMARTS) is 2. The molecule has 1 fully saturated rings. The molecule has 1 aliphatic rings. The Hall–Kier alpha value is -2.81. The standard InChI is InChI=1S/C17H18ClN3O6/c1-17(15(22)23)7-9(3-4-21(17)16(24)25)27-13-5-10-11(6-12(13)26-2)19-8-20-14(10)18/h5-6,8-9H,3-4,7H2,1-2H3,(H,22,23)(H,24,25)/t9-,17+/m0/s1. The zero-order chi connectivity index (χ0) is 19.8. The van der Waals surface area contributed by atoms with Gasteiger partial charge in [0, 0.05) is 30.8 Å². The number of aromatic nitrogens is 2. The Balaban J connectivity index is 1.92. The first-order valence-electron chi connectivity index (χ1n) is 8.15. The molecule has 0 aliphatic carbocycles. The van der Waals surface area contributed by atoms with Gasteiger partial charge in [0.25, 0.3) is 0 Å². The number of methoxy groups -OCH3 is 1. The molecule has 2 atom stereocenters. The number of carbonyl (C=O) groups is 2. The van der Waals surface area contributed by atoms with Crippen molar-refractivity contribution in [3.05, 3.63) is 23.6 Å². The maximum Gasteiger partial charge on any atom is 0.408 e. The predicted molar refractivity (Wildman–Crippen MR) is 95.5 cm³/mol. The predicted octanol–water partition coefficient (Wildman–Crippen LogP) is 2.66. The molecule has 144 valence electrons. The van der Waals surface area contributed by atoms with Crippen LogP contribution in [-0.4, -0.2) is 62.4 Å². The molecule has 1 aromatic heterocycles. The molecule has 1 amide bonds. The summed E-state index contributed by atoms with van der Waals surface area (Å²) in [5, 5.41) is 19.7. The van der Waals surface area contributed by atoms with Crippen molar-refractivity contribution >= 4 is 34.6 Å². The van der Waals surface area contributed by atoms with Crippen LogP contribution >= 0.6 is 11.6 Å². The van der Waals surface area contributed by atoms with Gasteiger partial charge in [-0.25, -0.2) is 19.6 Å². The highest BCUT2D eigenvalue weighted by atomic mass is 35.5. The maximum atomic E-state index is 11.7. The van der Waals surface area contributed by atoms with Gasteiger partial charge in [-0.15, -0.1) is 0 Å².